The van der Waals surface area contributed by atoms with Crippen LogP contribution in [0.1, 0.15) is 57.2 Å². The molecule has 8 nitrogen and oxygen atoms in total. The highest BCUT2D eigenvalue weighted by Gasteiger charge is 2.33. The zero-order valence-electron chi connectivity index (χ0n) is 15.8. The summed E-state index contributed by atoms with van der Waals surface area (Å²) in [5, 5.41) is 3.94. The molecule has 2 saturated heterocycles. The number of carbonyl (C=O) groups excluding carboxylic acids is 2. The standard InChI is InChI=1S/C18H28N4O4/c1-12(2)16-19-15(20-26-16)11-21(3)17(23)13-6-8-22(9-7-13)18(24)14-5-4-10-25-14/h12-14H,4-11H2,1-3H3/t14-/m1/s1. The third-order valence-electron chi connectivity index (χ3n) is 5.09. The zero-order valence-corrected chi connectivity index (χ0v) is 15.8. The van der Waals surface area contributed by atoms with E-state index in [0.29, 0.717) is 50.8 Å². The number of amides is 2. The fraction of sp³-hybridized carbons (Fsp3) is 0.778. The number of rotatable bonds is 5. The summed E-state index contributed by atoms with van der Waals surface area (Å²) in [5.41, 5.74) is 0. The van der Waals surface area contributed by atoms with E-state index in [9.17, 15) is 9.59 Å². The van der Waals surface area contributed by atoms with Gasteiger partial charge in [-0.05, 0) is 25.7 Å². The van der Waals surface area contributed by atoms with Crippen LogP contribution in [0, 0.1) is 5.92 Å². The van der Waals surface area contributed by atoms with Crippen LogP contribution in [-0.2, 0) is 20.9 Å². The Morgan fingerprint density at radius 2 is 2.00 bits per heavy atom. The Kier molecular flexibility index (Phi) is 5.90. The van der Waals surface area contributed by atoms with Crippen molar-refractivity contribution in [3.63, 3.8) is 0 Å². The molecule has 1 aromatic heterocycles. The van der Waals surface area contributed by atoms with E-state index in [1.165, 1.54) is 0 Å². The second kappa shape index (κ2) is 8.16. The zero-order chi connectivity index (χ0) is 18.7. The van der Waals surface area contributed by atoms with Crippen LogP contribution in [0.25, 0.3) is 0 Å². The van der Waals surface area contributed by atoms with Gasteiger partial charge in [-0.2, -0.15) is 4.98 Å². The molecule has 1 atom stereocenters. The maximum atomic E-state index is 12.7. The van der Waals surface area contributed by atoms with E-state index in [0.717, 1.165) is 12.8 Å². The van der Waals surface area contributed by atoms with Crippen molar-refractivity contribution < 1.29 is 18.8 Å². The van der Waals surface area contributed by atoms with Crippen molar-refractivity contribution in [3.05, 3.63) is 11.7 Å². The maximum Gasteiger partial charge on any atom is 0.251 e. The molecule has 144 valence electrons. The monoisotopic (exact) mass is 364 g/mol. The lowest BCUT2D eigenvalue weighted by Gasteiger charge is -2.34. The molecule has 0 aromatic carbocycles. The van der Waals surface area contributed by atoms with Crippen LogP contribution in [0.4, 0.5) is 0 Å². The molecule has 3 rings (SSSR count). The largest absolute Gasteiger partial charge is 0.368 e. The first kappa shape index (κ1) is 18.8. The van der Waals surface area contributed by atoms with Gasteiger partial charge >= 0.3 is 0 Å². The highest BCUT2D eigenvalue weighted by atomic mass is 16.5. The van der Waals surface area contributed by atoms with Crippen LogP contribution in [0.5, 0.6) is 0 Å². The first-order valence-corrected chi connectivity index (χ1v) is 9.43. The number of piperidine rings is 1. The molecule has 2 fully saturated rings. The summed E-state index contributed by atoms with van der Waals surface area (Å²) in [6, 6.07) is 0. The lowest BCUT2D eigenvalue weighted by atomic mass is 9.95. The topological polar surface area (TPSA) is 88.8 Å². The van der Waals surface area contributed by atoms with Gasteiger partial charge in [-0.1, -0.05) is 19.0 Å². The van der Waals surface area contributed by atoms with Crippen molar-refractivity contribution in [2.75, 3.05) is 26.7 Å². The third kappa shape index (κ3) is 4.23. The minimum Gasteiger partial charge on any atom is -0.368 e. The van der Waals surface area contributed by atoms with Crippen LogP contribution in [0.15, 0.2) is 4.52 Å². The molecule has 0 unspecified atom stereocenters. The highest BCUT2D eigenvalue weighted by Crippen LogP contribution is 2.23. The summed E-state index contributed by atoms with van der Waals surface area (Å²) < 4.78 is 10.7. The molecular weight excluding hydrogens is 336 g/mol. The van der Waals surface area contributed by atoms with E-state index in [1.807, 2.05) is 18.7 Å². The molecule has 2 aliphatic heterocycles. The normalized spacial score (nSPS) is 21.4. The predicted molar refractivity (Wildman–Crippen MR) is 93.1 cm³/mol. The van der Waals surface area contributed by atoms with Crippen molar-refractivity contribution in [2.24, 2.45) is 5.92 Å². The van der Waals surface area contributed by atoms with E-state index >= 15 is 0 Å². The van der Waals surface area contributed by atoms with Gasteiger partial charge in [-0.15, -0.1) is 0 Å². The summed E-state index contributed by atoms with van der Waals surface area (Å²) in [4.78, 5) is 32.9. The van der Waals surface area contributed by atoms with Crippen molar-refractivity contribution in [2.45, 2.75) is 58.1 Å². The van der Waals surface area contributed by atoms with Crippen LogP contribution in [0.3, 0.4) is 0 Å². The fourth-order valence-corrected chi connectivity index (χ4v) is 3.49. The molecule has 3 heterocycles. The average Bonchev–Trinajstić information content (AvgIpc) is 3.32. The molecule has 0 bridgehead atoms. The number of ether oxygens (including phenoxy) is 1. The lowest BCUT2D eigenvalue weighted by molar-refractivity contribution is -0.145. The first-order chi connectivity index (χ1) is 12.5. The fourth-order valence-electron chi connectivity index (χ4n) is 3.49. The number of hydrogen-bond acceptors (Lipinski definition) is 6. The number of hydrogen-bond donors (Lipinski definition) is 0. The lowest BCUT2D eigenvalue weighted by Crippen LogP contribution is -2.46. The Labute approximate surface area is 153 Å². The molecule has 26 heavy (non-hydrogen) atoms. The van der Waals surface area contributed by atoms with Gasteiger partial charge in [0.2, 0.25) is 11.8 Å². The molecule has 0 N–H and O–H groups in total. The average molecular weight is 364 g/mol. The van der Waals surface area contributed by atoms with Gasteiger partial charge in [0.25, 0.3) is 5.91 Å². The van der Waals surface area contributed by atoms with Gasteiger partial charge in [0.15, 0.2) is 5.82 Å². The smallest absolute Gasteiger partial charge is 0.251 e. The number of aromatic nitrogens is 2. The SMILES string of the molecule is CC(C)c1nc(CN(C)C(=O)C2CCN(C(=O)[C@H]3CCCO3)CC2)no1. The van der Waals surface area contributed by atoms with Gasteiger partial charge in [-0.25, -0.2) is 0 Å². The van der Waals surface area contributed by atoms with Crippen molar-refractivity contribution in [3.8, 4) is 0 Å². The molecule has 2 aliphatic rings. The Morgan fingerprint density at radius 1 is 1.27 bits per heavy atom. The molecule has 0 spiro atoms. The van der Waals surface area contributed by atoms with Crippen molar-refractivity contribution >= 4 is 11.8 Å². The molecule has 0 aliphatic carbocycles. The second-order valence-corrected chi connectivity index (χ2v) is 7.50. The van der Waals surface area contributed by atoms with Crippen molar-refractivity contribution in [1.82, 2.24) is 19.9 Å². The van der Waals surface area contributed by atoms with Gasteiger partial charge in [-0.3, -0.25) is 9.59 Å². The van der Waals surface area contributed by atoms with Crippen LogP contribution in [-0.4, -0.2) is 64.6 Å². The Hall–Kier alpha value is -1.96. The predicted octanol–water partition coefficient (Wildman–Crippen LogP) is 1.57. The van der Waals surface area contributed by atoms with Crippen LogP contribution < -0.4 is 0 Å². The van der Waals surface area contributed by atoms with E-state index < -0.39 is 0 Å². The second-order valence-electron chi connectivity index (χ2n) is 7.50. The molecular formula is C18H28N4O4. The molecule has 1 aromatic rings. The Bertz CT molecular complexity index is 631. The van der Waals surface area contributed by atoms with Crippen LogP contribution in [0.2, 0.25) is 0 Å². The minimum atomic E-state index is -0.279. The molecule has 0 radical (unpaired) electrons. The maximum absolute atomic E-state index is 12.7. The summed E-state index contributed by atoms with van der Waals surface area (Å²) in [6.07, 6.45) is 2.85. The Balaban J connectivity index is 1.48. The Morgan fingerprint density at radius 3 is 2.58 bits per heavy atom. The van der Waals surface area contributed by atoms with Crippen molar-refractivity contribution in [1.29, 1.82) is 0 Å². The highest BCUT2D eigenvalue weighted by molar-refractivity contribution is 5.82. The van der Waals surface area contributed by atoms with E-state index in [1.54, 1.807) is 11.9 Å². The van der Waals surface area contributed by atoms with E-state index in [4.69, 9.17) is 9.26 Å². The summed E-state index contributed by atoms with van der Waals surface area (Å²) >= 11 is 0. The van der Waals surface area contributed by atoms with Gasteiger partial charge in [0.05, 0.1) is 6.54 Å². The number of nitrogens with zero attached hydrogens (tertiary/aromatic N) is 4. The van der Waals surface area contributed by atoms with E-state index in [2.05, 4.69) is 10.1 Å². The van der Waals surface area contributed by atoms with Gasteiger partial charge < -0.3 is 19.1 Å². The summed E-state index contributed by atoms with van der Waals surface area (Å²) in [7, 11) is 1.76. The molecule has 8 heteroatoms. The quantitative estimate of drug-likeness (QED) is 0.788. The molecule has 0 saturated carbocycles. The van der Waals surface area contributed by atoms with E-state index in [-0.39, 0.29) is 29.8 Å². The van der Waals surface area contributed by atoms with Gasteiger partial charge in [0, 0.05) is 38.6 Å². The number of carbonyl (C=O) groups is 2. The summed E-state index contributed by atoms with van der Waals surface area (Å²) in [5.74, 6) is 1.37. The molecule has 2 amide bonds. The third-order valence-corrected chi connectivity index (χ3v) is 5.09. The first-order valence-electron chi connectivity index (χ1n) is 9.43. The van der Waals surface area contributed by atoms with Crippen LogP contribution >= 0.6 is 0 Å². The number of likely N-dealkylation sites (tertiary alicyclic amines) is 1. The minimum absolute atomic E-state index is 0.0648. The van der Waals surface area contributed by atoms with Gasteiger partial charge in [0.1, 0.15) is 6.10 Å². The summed E-state index contributed by atoms with van der Waals surface area (Å²) in [6.45, 7) is 6.20.